The molecule has 0 bridgehead atoms. The summed E-state index contributed by atoms with van der Waals surface area (Å²) in [5.74, 6) is 2.62. The van der Waals surface area contributed by atoms with Gasteiger partial charge in [-0.05, 0) is 49.3 Å². The molecule has 198 valence electrons. The number of nitro groups is 1. The van der Waals surface area contributed by atoms with Crippen LogP contribution in [0.5, 0.6) is 0 Å². The average molecular weight is 564 g/mol. The Hall–Kier alpha value is -2.34. The Morgan fingerprint density at radius 1 is 1.24 bits per heavy atom. The van der Waals surface area contributed by atoms with Gasteiger partial charge in [-0.3, -0.25) is 10.1 Å². The molecular weight excluding hydrogens is 534 g/mol. The number of nitrogens with zero attached hydrogens (tertiary/aromatic N) is 5. The van der Waals surface area contributed by atoms with Crippen molar-refractivity contribution >= 4 is 54.7 Å². The first-order valence-corrected chi connectivity index (χ1v) is 15.2. The van der Waals surface area contributed by atoms with Crippen LogP contribution in [0.25, 0.3) is 10.2 Å². The molecule has 0 N–H and O–H groups in total. The summed E-state index contributed by atoms with van der Waals surface area (Å²) in [7, 11) is -3.91. The maximum absolute atomic E-state index is 13.3. The Morgan fingerprint density at radius 2 is 1.97 bits per heavy atom. The van der Waals surface area contributed by atoms with Crippen molar-refractivity contribution in [1.29, 1.82) is 0 Å². The number of thiophene rings is 1. The van der Waals surface area contributed by atoms with Gasteiger partial charge in [-0.2, -0.15) is 4.31 Å². The minimum absolute atomic E-state index is 0.0906. The van der Waals surface area contributed by atoms with Gasteiger partial charge >= 0.3 is 0 Å². The van der Waals surface area contributed by atoms with Gasteiger partial charge in [0.1, 0.15) is 21.5 Å². The smallest absolute Gasteiger partial charge is 0.289 e. The number of sulfonamides is 1. The third-order valence-corrected chi connectivity index (χ3v) is 10.9. The predicted octanol–water partition coefficient (Wildman–Crippen LogP) is 5.40. The first-order chi connectivity index (χ1) is 17.6. The molecule has 2 unspecified atom stereocenters. The molecule has 1 fully saturated rings. The van der Waals surface area contributed by atoms with Crippen LogP contribution in [0, 0.1) is 16.0 Å². The highest BCUT2D eigenvalue weighted by atomic mass is 35.5. The minimum atomic E-state index is -3.91. The molecule has 0 saturated carbocycles. The Balaban J connectivity index is 1.46. The van der Waals surface area contributed by atoms with Gasteiger partial charge in [0.05, 0.1) is 15.2 Å². The molecule has 9 nitrogen and oxygen atoms in total. The van der Waals surface area contributed by atoms with Crippen LogP contribution >= 0.6 is 22.9 Å². The summed E-state index contributed by atoms with van der Waals surface area (Å²) in [4.78, 5) is 25.1. The summed E-state index contributed by atoms with van der Waals surface area (Å²) < 4.78 is 28.0. The third-order valence-electron chi connectivity index (χ3n) is 7.50. The van der Waals surface area contributed by atoms with Crippen LogP contribution in [0.15, 0.2) is 23.1 Å². The molecule has 0 radical (unpaired) electrons. The highest BCUT2D eigenvalue weighted by Gasteiger charge is 2.33. The molecule has 37 heavy (non-hydrogen) atoms. The van der Waals surface area contributed by atoms with E-state index in [-0.39, 0.29) is 28.9 Å². The van der Waals surface area contributed by atoms with E-state index in [1.165, 1.54) is 26.9 Å². The molecule has 0 amide bonds. The van der Waals surface area contributed by atoms with E-state index in [4.69, 9.17) is 21.6 Å². The number of fused-ring (bicyclic) bond motifs is 3. The van der Waals surface area contributed by atoms with Gasteiger partial charge in [0.2, 0.25) is 10.0 Å². The molecule has 5 rings (SSSR count). The van der Waals surface area contributed by atoms with E-state index >= 15 is 0 Å². The lowest BCUT2D eigenvalue weighted by Crippen LogP contribution is -2.49. The fourth-order valence-corrected chi connectivity index (χ4v) is 8.07. The van der Waals surface area contributed by atoms with Crippen LogP contribution in [0.2, 0.25) is 5.02 Å². The zero-order valence-corrected chi connectivity index (χ0v) is 23.5. The van der Waals surface area contributed by atoms with Gasteiger partial charge in [0.15, 0.2) is 0 Å². The highest BCUT2D eigenvalue weighted by Crippen LogP contribution is 2.42. The summed E-state index contributed by atoms with van der Waals surface area (Å²) in [6.45, 7) is 8.02. The molecule has 2 aliphatic rings. The standard InChI is InChI=1S/C25H30ClN5O4S2/c1-4-16(3)23-27-24(22-18-7-5-15(2)13-21(18)36-25(22)28-23)29-9-11-30(12-10-29)37(34,35)17-6-8-19(26)20(14-17)31(32)33/h6,8,14-16H,4-5,7,9-13H2,1-3H3. The number of benzene rings is 1. The van der Waals surface area contributed by atoms with Crippen LogP contribution in [0.4, 0.5) is 11.5 Å². The summed E-state index contributed by atoms with van der Waals surface area (Å²) in [5.41, 5.74) is 0.936. The number of anilines is 1. The van der Waals surface area contributed by atoms with Crippen molar-refractivity contribution in [2.45, 2.75) is 57.3 Å². The van der Waals surface area contributed by atoms with Gasteiger partial charge < -0.3 is 4.90 Å². The largest absolute Gasteiger partial charge is 0.353 e. The number of nitro benzene ring substituents is 1. The average Bonchev–Trinajstić information content (AvgIpc) is 3.25. The van der Waals surface area contributed by atoms with E-state index in [1.807, 2.05) is 0 Å². The molecule has 2 atom stereocenters. The molecule has 3 aromatic rings. The second-order valence-electron chi connectivity index (χ2n) is 10.0. The van der Waals surface area contributed by atoms with Gasteiger partial charge in [-0.25, -0.2) is 18.4 Å². The van der Waals surface area contributed by atoms with Crippen molar-refractivity contribution < 1.29 is 13.3 Å². The SMILES string of the molecule is CCC(C)c1nc(N2CCN(S(=O)(=O)c3ccc(Cl)c([N+](=O)[O-])c3)CC2)c2c3c(sc2n1)CC(C)CC3. The number of aromatic nitrogens is 2. The van der Waals surface area contributed by atoms with Gasteiger partial charge in [0, 0.05) is 43.0 Å². The Bertz CT molecular complexity index is 1470. The fourth-order valence-electron chi connectivity index (χ4n) is 5.05. The number of halogens is 1. The summed E-state index contributed by atoms with van der Waals surface area (Å²) >= 11 is 7.67. The highest BCUT2D eigenvalue weighted by molar-refractivity contribution is 7.89. The number of rotatable bonds is 6. The second-order valence-corrected chi connectivity index (χ2v) is 13.4. The number of hydrogen-bond acceptors (Lipinski definition) is 8. The lowest BCUT2D eigenvalue weighted by atomic mass is 9.89. The number of aryl methyl sites for hydroxylation is 1. The molecule has 3 heterocycles. The Kier molecular flexibility index (Phi) is 7.16. The van der Waals surface area contributed by atoms with E-state index in [0.29, 0.717) is 19.0 Å². The summed E-state index contributed by atoms with van der Waals surface area (Å²) in [6, 6.07) is 3.62. The van der Waals surface area contributed by atoms with Crippen molar-refractivity contribution in [3.8, 4) is 0 Å². The van der Waals surface area contributed by atoms with Gasteiger partial charge in [-0.1, -0.05) is 32.4 Å². The Labute approximate surface area is 225 Å². The van der Waals surface area contributed by atoms with E-state index in [2.05, 4.69) is 25.7 Å². The Morgan fingerprint density at radius 3 is 2.65 bits per heavy atom. The first kappa shape index (κ1) is 26.3. The van der Waals surface area contributed by atoms with Crippen LogP contribution < -0.4 is 4.90 Å². The van der Waals surface area contributed by atoms with Crippen LogP contribution in [-0.2, 0) is 22.9 Å². The fraction of sp³-hybridized carbons (Fsp3) is 0.520. The van der Waals surface area contributed by atoms with E-state index < -0.39 is 20.6 Å². The predicted molar refractivity (Wildman–Crippen MR) is 146 cm³/mol. The molecule has 1 aromatic carbocycles. The van der Waals surface area contributed by atoms with Crippen molar-refractivity contribution in [3.63, 3.8) is 0 Å². The molecular formula is C25H30ClN5O4S2. The normalized spacial score (nSPS) is 19.7. The van der Waals surface area contributed by atoms with Crippen molar-refractivity contribution in [1.82, 2.24) is 14.3 Å². The molecule has 0 spiro atoms. The third kappa shape index (κ3) is 4.82. The van der Waals surface area contributed by atoms with Gasteiger partial charge in [0.25, 0.3) is 5.69 Å². The van der Waals surface area contributed by atoms with E-state index in [0.717, 1.165) is 53.6 Å². The zero-order valence-electron chi connectivity index (χ0n) is 21.1. The van der Waals surface area contributed by atoms with E-state index in [1.54, 1.807) is 11.3 Å². The van der Waals surface area contributed by atoms with Crippen LogP contribution in [-0.4, -0.2) is 53.8 Å². The molecule has 12 heteroatoms. The zero-order chi connectivity index (χ0) is 26.5. The molecule has 1 aliphatic carbocycles. The quantitative estimate of drug-likeness (QED) is 0.291. The molecule has 1 aliphatic heterocycles. The maximum atomic E-state index is 13.3. The minimum Gasteiger partial charge on any atom is -0.353 e. The number of piperazine rings is 1. The van der Waals surface area contributed by atoms with E-state index in [9.17, 15) is 18.5 Å². The second kappa shape index (κ2) is 10.1. The first-order valence-electron chi connectivity index (χ1n) is 12.6. The van der Waals surface area contributed by atoms with Crippen LogP contribution in [0.3, 0.4) is 0 Å². The topological polar surface area (TPSA) is 110 Å². The number of hydrogen-bond donors (Lipinski definition) is 0. The molecule has 2 aromatic heterocycles. The summed E-state index contributed by atoms with van der Waals surface area (Å²) in [6.07, 6.45) is 4.16. The maximum Gasteiger partial charge on any atom is 0.289 e. The molecule has 1 saturated heterocycles. The van der Waals surface area contributed by atoms with Crippen molar-refractivity contribution in [2.75, 3.05) is 31.1 Å². The lowest BCUT2D eigenvalue weighted by molar-refractivity contribution is -0.384. The van der Waals surface area contributed by atoms with Crippen LogP contribution in [0.1, 0.15) is 55.8 Å². The summed E-state index contributed by atoms with van der Waals surface area (Å²) in [5, 5.41) is 12.3. The lowest BCUT2D eigenvalue weighted by Gasteiger charge is -2.35. The monoisotopic (exact) mass is 563 g/mol. The van der Waals surface area contributed by atoms with Gasteiger partial charge in [-0.15, -0.1) is 11.3 Å². The van der Waals surface area contributed by atoms with Crippen molar-refractivity contribution in [2.24, 2.45) is 5.92 Å². The van der Waals surface area contributed by atoms with Crippen molar-refractivity contribution in [3.05, 3.63) is 49.6 Å².